The summed E-state index contributed by atoms with van der Waals surface area (Å²) in [6, 6.07) is 0. The average molecular weight is 223 g/mol. The normalized spacial score (nSPS) is 27.3. The monoisotopic (exact) mass is 223 g/mol. The summed E-state index contributed by atoms with van der Waals surface area (Å²) in [4.78, 5) is 14.2. The first-order chi connectivity index (χ1) is 7.79. The number of amides is 1. The summed E-state index contributed by atoms with van der Waals surface area (Å²) in [6.07, 6.45) is 9.93. The molecule has 1 saturated heterocycles. The molecule has 1 saturated carbocycles. The van der Waals surface area contributed by atoms with Gasteiger partial charge >= 0.3 is 0 Å². The van der Waals surface area contributed by atoms with Gasteiger partial charge in [-0.3, -0.25) is 4.79 Å². The molecule has 1 aliphatic heterocycles. The number of nitrogens with zero attached hydrogens (tertiary/aromatic N) is 1. The molecule has 0 bridgehead atoms. The lowest BCUT2D eigenvalue weighted by Gasteiger charge is -2.24. The maximum Gasteiger partial charge on any atom is 0.222 e. The zero-order chi connectivity index (χ0) is 11.4. The minimum atomic E-state index is 0.433. The van der Waals surface area contributed by atoms with Crippen LogP contribution in [0.25, 0.3) is 0 Å². The van der Waals surface area contributed by atoms with E-state index in [1.807, 2.05) is 0 Å². The molecule has 2 aliphatic rings. The highest BCUT2D eigenvalue weighted by Crippen LogP contribution is 2.28. The second-order valence-corrected chi connectivity index (χ2v) is 5.61. The zero-order valence-corrected chi connectivity index (χ0v) is 10.6. The van der Waals surface area contributed by atoms with Crippen LogP contribution in [0.15, 0.2) is 0 Å². The summed E-state index contributed by atoms with van der Waals surface area (Å²) < 4.78 is 0. The van der Waals surface area contributed by atoms with Crippen LogP contribution in [-0.2, 0) is 4.79 Å². The first kappa shape index (κ1) is 11.9. The molecular formula is C14H25NO. The van der Waals surface area contributed by atoms with Crippen molar-refractivity contribution in [1.29, 1.82) is 0 Å². The molecule has 2 heteroatoms. The van der Waals surface area contributed by atoms with Crippen molar-refractivity contribution in [3.05, 3.63) is 0 Å². The molecule has 0 N–H and O–H groups in total. The van der Waals surface area contributed by atoms with Gasteiger partial charge in [-0.1, -0.05) is 32.6 Å². The van der Waals surface area contributed by atoms with Gasteiger partial charge in [0.2, 0.25) is 5.91 Å². The Labute approximate surface area is 99.4 Å². The first-order valence-electron chi connectivity index (χ1n) is 7.07. The predicted molar refractivity (Wildman–Crippen MR) is 66.2 cm³/mol. The van der Waals surface area contributed by atoms with E-state index < -0.39 is 0 Å². The summed E-state index contributed by atoms with van der Waals surface area (Å²) in [6.45, 7) is 4.28. The molecule has 1 amide bonds. The fourth-order valence-electron chi connectivity index (χ4n) is 3.16. The van der Waals surface area contributed by atoms with Crippen molar-refractivity contribution in [2.24, 2.45) is 11.8 Å². The number of rotatable bonds is 3. The van der Waals surface area contributed by atoms with Crippen LogP contribution in [0.5, 0.6) is 0 Å². The topological polar surface area (TPSA) is 20.3 Å². The minimum Gasteiger partial charge on any atom is -0.342 e. The van der Waals surface area contributed by atoms with Gasteiger partial charge in [0.25, 0.3) is 0 Å². The molecule has 0 aromatic carbocycles. The fraction of sp³-hybridized carbons (Fsp3) is 0.929. The molecule has 1 atom stereocenters. The maximum absolute atomic E-state index is 12.1. The number of carbonyl (C=O) groups excluding carboxylic acids is 1. The van der Waals surface area contributed by atoms with Crippen LogP contribution in [0.2, 0.25) is 0 Å². The van der Waals surface area contributed by atoms with Crippen molar-refractivity contribution >= 4 is 5.91 Å². The van der Waals surface area contributed by atoms with Crippen LogP contribution in [0, 0.1) is 11.8 Å². The Morgan fingerprint density at radius 3 is 2.50 bits per heavy atom. The molecule has 0 unspecified atom stereocenters. The third-order valence-electron chi connectivity index (χ3n) is 4.40. The highest BCUT2D eigenvalue weighted by atomic mass is 16.2. The van der Waals surface area contributed by atoms with Crippen LogP contribution in [0.1, 0.15) is 58.3 Å². The third kappa shape index (κ3) is 2.99. The van der Waals surface area contributed by atoms with Crippen molar-refractivity contribution in [2.45, 2.75) is 58.3 Å². The molecule has 92 valence electrons. The van der Waals surface area contributed by atoms with Crippen LogP contribution in [0.4, 0.5) is 0 Å². The molecule has 0 radical (unpaired) electrons. The lowest BCUT2D eigenvalue weighted by molar-refractivity contribution is -0.131. The Bertz CT molecular complexity index is 233. The predicted octanol–water partition coefficient (Wildman–Crippen LogP) is 3.22. The molecule has 0 aromatic heterocycles. The number of likely N-dealkylation sites (tertiary alicyclic amines) is 1. The maximum atomic E-state index is 12.1. The van der Waals surface area contributed by atoms with Crippen molar-refractivity contribution in [1.82, 2.24) is 4.90 Å². The lowest BCUT2D eigenvalue weighted by atomic mass is 9.87. The number of carbonyl (C=O) groups is 1. The highest BCUT2D eigenvalue weighted by Gasteiger charge is 2.26. The molecule has 2 nitrogen and oxygen atoms in total. The summed E-state index contributed by atoms with van der Waals surface area (Å²) in [5, 5.41) is 0. The quantitative estimate of drug-likeness (QED) is 0.719. The molecule has 16 heavy (non-hydrogen) atoms. The number of hydrogen-bond acceptors (Lipinski definition) is 1. The average Bonchev–Trinajstić information content (AvgIpc) is 2.79. The van der Waals surface area contributed by atoms with E-state index in [0.717, 1.165) is 25.4 Å². The van der Waals surface area contributed by atoms with Crippen LogP contribution < -0.4 is 0 Å². The fourth-order valence-corrected chi connectivity index (χ4v) is 3.16. The van der Waals surface area contributed by atoms with Gasteiger partial charge in [-0.25, -0.2) is 0 Å². The van der Waals surface area contributed by atoms with Crippen LogP contribution in [-0.4, -0.2) is 23.9 Å². The van der Waals surface area contributed by atoms with Gasteiger partial charge in [0.15, 0.2) is 0 Å². The Kier molecular flexibility index (Phi) is 4.25. The van der Waals surface area contributed by atoms with Gasteiger partial charge in [-0.2, -0.15) is 0 Å². The van der Waals surface area contributed by atoms with E-state index in [4.69, 9.17) is 0 Å². The van der Waals surface area contributed by atoms with E-state index in [1.54, 1.807) is 0 Å². The van der Waals surface area contributed by atoms with Gasteiger partial charge in [-0.05, 0) is 31.1 Å². The summed E-state index contributed by atoms with van der Waals surface area (Å²) >= 11 is 0. The van der Waals surface area contributed by atoms with Crippen molar-refractivity contribution in [3.63, 3.8) is 0 Å². The first-order valence-corrected chi connectivity index (χ1v) is 7.07. The molecule has 2 fully saturated rings. The van der Waals surface area contributed by atoms with Gasteiger partial charge in [0, 0.05) is 19.5 Å². The van der Waals surface area contributed by atoms with E-state index in [2.05, 4.69) is 11.8 Å². The molecular weight excluding hydrogens is 198 g/mol. The molecule has 0 aromatic rings. The van der Waals surface area contributed by atoms with E-state index in [9.17, 15) is 4.79 Å². The zero-order valence-electron chi connectivity index (χ0n) is 10.6. The van der Waals surface area contributed by atoms with Crippen molar-refractivity contribution < 1.29 is 4.79 Å². The van der Waals surface area contributed by atoms with Crippen LogP contribution >= 0.6 is 0 Å². The Balaban J connectivity index is 1.75. The molecule has 0 spiro atoms. The van der Waals surface area contributed by atoms with Crippen LogP contribution in [0.3, 0.4) is 0 Å². The van der Waals surface area contributed by atoms with Gasteiger partial charge < -0.3 is 4.90 Å². The standard InChI is InChI=1S/C14H25NO/c1-2-12-8-9-15(11-12)14(16)10-13-6-4-3-5-7-13/h12-13H,2-11H2,1H3/t12-/m0/s1. The minimum absolute atomic E-state index is 0.433. The van der Waals surface area contributed by atoms with Gasteiger partial charge in [-0.15, -0.1) is 0 Å². The van der Waals surface area contributed by atoms with Crippen molar-refractivity contribution in [2.75, 3.05) is 13.1 Å². The molecule has 2 rings (SSSR count). The summed E-state index contributed by atoms with van der Waals surface area (Å²) in [5.74, 6) is 1.90. The van der Waals surface area contributed by atoms with E-state index in [0.29, 0.717) is 11.8 Å². The highest BCUT2D eigenvalue weighted by molar-refractivity contribution is 5.76. The lowest BCUT2D eigenvalue weighted by Crippen LogP contribution is -2.30. The number of hydrogen-bond donors (Lipinski definition) is 0. The van der Waals surface area contributed by atoms with E-state index in [1.165, 1.54) is 44.9 Å². The second kappa shape index (κ2) is 5.70. The molecule has 1 heterocycles. The Morgan fingerprint density at radius 1 is 1.12 bits per heavy atom. The van der Waals surface area contributed by atoms with Gasteiger partial charge in [0.1, 0.15) is 0 Å². The van der Waals surface area contributed by atoms with E-state index >= 15 is 0 Å². The van der Waals surface area contributed by atoms with Crippen molar-refractivity contribution in [3.8, 4) is 0 Å². The van der Waals surface area contributed by atoms with Gasteiger partial charge in [0.05, 0.1) is 0 Å². The summed E-state index contributed by atoms with van der Waals surface area (Å²) in [5.41, 5.74) is 0. The van der Waals surface area contributed by atoms with E-state index in [-0.39, 0.29) is 0 Å². The summed E-state index contributed by atoms with van der Waals surface area (Å²) in [7, 11) is 0. The second-order valence-electron chi connectivity index (χ2n) is 5.61. The smallest absolute Gasteiger partial charge is 0.222 e. The molecule has 1 aliphatic carbocycles. The largest absolute Gasteiger partial charge is 0.342 e. The Morgan fingerprint density at radius 2 is 1.88 bits per heavy atom. The SMILES string of the molecule is CC[C@H]1CCN(C(=O)CC2CCCCC2)C1. The Hall–Kier alpha value is -0.530. The third-order valence-corrected chi connectivity index (χ3v) is 4.40.